The van der Waals surface area contributed by atoms with Crippen LogP contribution in [0.1, 0.15) is 27.7 Å². The van der Waals surface area contributed by atoms with Crippen LogP contribution in [0.5, 0.6) is 0 Å². The van der Waals surface area contributed by atoms with Crippen LogP contribution in [0.4, 0.5) is 16.2 Å². The van der Waals surface area contributed by atoms with E-state index < -0.39 is 0 Å². The van der Waals surface area contributed by atoms with Crippen molar-refractivity contribution in [1.29, 1.82) is 0 Å². The predicted octanol–water partition coefficient (Wildman–Crippen LogP) is 3.41. The minimum absolute atomic E-state index is 0.0489. The fraction of sp³-hybridized carbons (Fsp3) is 0.533. The van der Waals surface area contributed by atoms with E-state index in [1.807, 2.05) is 17.0 Å². The second-order valence-corrected chi connectivity index (χ2v) is 5.74. The van der Waals surface area contributed by atoms with Crippen LogP contribution in [0.15, 0.2) is 24.3 Å². The van der Waals surface area contributed by atoms with Crippen molar-refractivity contribution in [2.45, 2.75) is 27.7 Å². The zero-order valence-electron chi connectivity index (χ0n) is 12.3. The number of amides is 2. The third kappa shape index (κ3) is 5.64. The predicted molar refractivity (Wildman–Crippen MR) is 81.1 cm³/mol. The van der Waals surface area contributed by atoms with Gasteiger partial charge in [-0.3, -0.25) is 0 Å². The van der Waals surface area contributed by atoms with Crippen LogP contribution in [0, 0.1) is 11.8 Å². The van der Waals surface area contributed by atoms with Gasteiger partial charge in [0.1, 0.15) is 0 Å². The van der Waals surface area contributed by atoms with Crippen LogP contribution in [0.2, 0.25) is 0 Å². The molecular formula is C15H25N3O. The number of carbonyl (C=O) groups is 1. The van der Waals surface area contributed by atoms with Gasteiger partial charge in [0.2, 0.25) is 0 Å². The lowest BCUT2D eigenvalue weighted by atomic mass is 10.1. The van der Waals surface area contributed by atoms with Gasteiger partial charge in [0.05, 0.1) is 0 Å². The Hall–Kier alpha value is -1.71. The van der Waals surface area contributed by atoms with E-state index in [4.69, 9.17) is 5.73 Å². The van der Waals surface area contributed by atoms with Gasteiger partial charge in [-0.1, -0.05) is 27.7 Å². The number of nitrogens with zero attached hydrogens (tertiary/aromatic N) is 1. The van der Waals surface area contributed by atoms with Gasteiger partial charge in [0, 0.05) is 24.5 Å². The summed E-state index contributed by atoms with van der Waals surface area (Å²) in [5.41, 5.74) is 7.09. The Morgan fingerprint density at radius 3 is 2.00 bits per heavy atom. The Labute approximate surface area is 116 Å². The molecule has 0 aliphatic heterocycles. The lowest BCUT2D eigenvalue weighted by Gasteiger charge is -2.26. The molecule has 0 aliphatic rings. The molecule has 106 valence electrons. The maximum Gasteiger partial charge on any atom is 0.321 e. The Balaban J connectivity index is 2.67. The highest BCUT2D eigenvalue weighted by Gasteiger charge is 2.16. The normalized spacial score (nSPS) is 10.8. The van der Waals surface area contributed by atoms with Crippen molar-refractivity contribution in [3.8, 4) is 0 Å². The Bertz CT molecular complexity index is 388. The number of hydrogen-bond donors (Lipinski definition) is 2. The highest BCUT2D eigenvalue weighted by molar-refractivity contribution is 5.89. The van der Waals surface area contributed by atoms with Crippen molar-refractivity contribution in [1.82, 2.24) is 4.90 Å². The fourth-order valence-corrected chi connectivity index (χ4v) is 1.89. The number of nitrogen functional groups attached to an aromatic ring is 1. The van der Waals surface area contributed by atoms with Crippen molar-refractivity contribution in [2.24, 2.45) is 11.8 Å². The standard InChI is InChI=1S/C15H25N3O/c1-11(2)9-18(10-12(3)4)15(19)17-14-7-5-13(16)6-8-14/h5-8,11-12H,9-10,16H2,1-4H3,(H,17,19). The fourth-order valence-electron chi connectivity index (χ4n) is 1.89. The molecule has 0 aromatic heterocycles. The molecule has 1 aromatic carbocycles. The first-order valence-electron chi connectivity index (χ1n) is 6.80. The van der Waals surface area contributed by atoms with E-state index in [0.29, 0.717) is 17.5 Å². The number of nitrogens with one attached hydrogen (secondary N) is 1. The lowest BCUT2D eigenvalue weighted by Crippen LogP contribution is -2.39. The summed E-state index contributed by atoms with van der Waals surface area (Å²) in [5, 5.41) is 2.91. The molecule has 4 nitrogen and oxygen atoms in total. The molecule has 19 heavy (non-hydrogen) atoms. The van der Waals surface area contributed by atoms with Crippen LogP contribution < -0.4 is 11.1 Å². The number of rotatable bonds is 5. The summed E-state index contributed by atoms with van der Waals surface area (Å²) in [6.07, 6.45) is 0. The molecule has 0 fully saturated rings. The number of nitrogens with two attached hydrogens (primary N) is 1. The van der Waals surface area contributed by atoms with Gasteiger partial charge in [-0.25, -0.2) is 4.79 Å². The molecule has 0 aliphatic carbocycles. The summed E-state index contributed by atoms with van der Waals surface area (Å²) in [5.74, 6) is 0.909. The highest BCUT2D eigenvalue weighted by Crippen LogP contribution is 2.12. The lowest BCUT2D eigenvalue weighted by molar-refractivity contribution is 0.196. The topological polar surface area (TPSA) is 58.4 Å². The molecule has 0 unspecified atom stereocenters. The average Bonchev–Trinajstić information content (AvgIpc) is 2.30. The molecule has 1 aromatic rings. The van der Waals surface area contributed by atoms with Crippen LogP contribution in [0.25, 0.3) is 0 Å². The van der Waals surface area contributed by atoms with E-state index in [1.165, 1.54) is 0 Å². The second kappa shape index (κ2) is 7.02. The minimum atomic E-state index is -0.0489. The van der Waals surface area contributed by atoms with Gasteiger partial charge in [0.15, 0.2) is 0 Å². The SMILES string of the molecule is CC(C)CN(CC(C)C)C(=O)Nc1ccc(N)cc1. The van der Waals surface area contributed by atoms with Gasteiger partial charge >= 0.3 is 6.03 Å². The molecule has 0 bridgehead atoms. The average molecular weight is 263 g/mol. The molecule has 4 heteroatoms. The molecule has 1 rings (SSSR count). The maximum atomic E-state index is 12.3. The summed E-state index contributed by atoms with van der Waals surface area (Å²) < 4.78 is 0. The second-order valence-electron chi connectivity index (χ2n) is 5.74. The summed E-state index contributed by atoms with van der Waals surface area (Å²) in [6.45, 7) is 9.99. The van der Waals surface area contributed by atoms with Gasteiger partial charge in [-0.05, 0) is 36.1 Å². The van der Waals surface area contributed by atoms with Crippen molar-refractivity contribution in [2.75, 3.05) is 24.1 Å². The van der Waals surface area contributed by atoms with Crippen LogP contribution in [-0.4, -0.2) is 24.0 Å². The third-order valence-corrected chi connectivity index (χ3v) is 2.62. The summed E-state index contributed by atoms with van der Waals surface area (Å²) in [4.78, 5) is 14.1. The van der Waals surface area contributed by atoms with E-state index in [1.54, 1.807) is 12.1 Å². The Kier molecular flexibility index (Phi) is 5.67. The zero-order chi connectivity index (χ0) is 14.4. The van der Waals surface area contributed by atoms with E-state index in [2.05, 4.69) is 33.0 Å². The van der Waals surface area contributed by atoms with Gasteiger partial charge in [0.25, 0.3) is 0 Å². The Morgan fingerprint density at radius 2 is 1.58 bits per heavy atom. The molecule has 0 heterocycles. The van der Waals surface area contributed by atoms with Crippen molar-refractivity contribution >= 4 is 17.4 Å². The quantitative estimate of drug-likeness (QED) is 0.800. The number of benzene rings is 1. The van der Waals surface area contributed by atoms with Crippen molar-refractivity contribution in [3.05, 3.63) is 24.3 Å². The van der Waals surface area contributed by atoms with Crippen LogP contribution in [-0.2, 0) is 0 Å². The first-order chi connectivity index (χ1) is 8.88. The first-order valence-corrected chi connectivity index (χ1v) is 6.80. The molecule has 3 N–H and O–H groups in total. The molecule has 0 saturated carbocycles. The first kappa shape index (κ1) is 15.3. The zero-order valence-corrected chi connectivity index (χ0v) is 12.3. The number of hydrogen-bond acceptors (Lipinski definition) is 2. The van der Waals surface area contributed by atoms with E-state index in [9.17, 15) is 4.79 Å². The monoisotopic (exact) mass is 263 g/mol. The smallest absolute Gasteiger partial charge is 0.321 e. The van der Waals surface area contributed by atoms with Crippen LogP contribution >= 0.6 is 0 Å². The molecule has 0 saturated heterocycles. The van der Waals surface area contributed by atoms with Crippen molar-refractivity contribution in [3.63, 3.8) is 0 Å². The molecule has 0 radical (unpaired) electrons. The maximum absolute atomic E-state index is 12.3. The molecule has 0 atom stereocenters. The highest BCUT2D eigenvalue weighted by atomic mass is 16.2. The summed E-state index contributed by atoms with van der Waals surface area (Å²) >= 11 is 0. The molecule has 0 spiro atoms. The third-order valence-electron chi connectivity index (χ3n) is 2.62. The summed E-state index contributed by atoms with van der Waals surface area (Å²) in [7, 11) is 0. The van der Waals surface area contributed by atoms with E-state index >= 15 is 0 Å². The minimum Gasteiger partial charge on any atom is -0.399 e. The van der Waals surface area contributed by atoms with Gasteiger partial charge < -0.3 is 16.0 Å². The molecule has 2 amide bonds. The number of anilines is 2. The van der Waals surface area contributed by atoms with Crippen LogP contribution in [0.3, 0.4) is 0 Å². The largest absolute Gasteiger partial charge is 0.399 e. The van der Waals surface area contributed by atoms with Gasteiger partial charge in [-0.15, -0.1) is 0 Å². The summed E-state index contributed by atoms with van der Waals surface area (Å²) in [6, 6.07) is 7.15. The molecular weight excluding hydrogens is 238 g/mol. The van der Waals surface area contributed by atoms with Crippen molar-refractivity contribution < 1.29 is 4.79 Å². The number of carbonyl (C=O) groups excluding carboxylic acids is 1. The Morgan fingerprint density at radius 1 is 1.11 bits per heavy atom. The van der Waals surface area contributed by atoms with E-state index in [-0.39, 0.29) is 6.03 Å². The van der Waals surface area contributed by atoms with Gasteiger partial charge in [-0.2, -0.15) is 0 Å². The number of urea groups is 1. The van der Waals surface area contributed by atoms with E-state index in [0.717, 1.165) is 18.8 Å².